The number of nitrogens with zero attached hydrogens (tertiary/aromatic N) is 2. The third kappa shape index (κ3) is 5.13. The maximum Gasteiger partial charge on any atom is 0.238 e. The van der Waals surface area contributed by atoms with Crippen LogP contribution >= 0.6 is 11.8 Å². The van der Waals surface area contributed by atoms with E-state index in [2.05, 4.69) is 10.3 Å². The van der Waals surface area contributed by atoms with E-state index in [0.717, 1.165) is 11.9 Å². The summed E-state index contributed by atoms with van der Waals surface area (Å²) < 4.78 is 30.8. The number of fused-ring (bicyclic) bond motifs is 1. The lowest BCUT2D eigenvalue weighted by Crippen LogP contribution is -2.15. The number of nitrogens with two attached hydrogens (primary N) is 1. The molecule has 0 aliphatic rings. The van der Waals surface area contributed by atoms with Gasteiger partial charge in [-0.15, -0.1) is 0 Å². The van der Waals surface area contributed by atoms with Gasteiger partial charge in [-0.1, -0.05) is 30.8 Å². The Morgan fingerprint density at radius 2 is 2.00 bits per heavy atom. The molecule has 0 bridgehead atoms. The van der Waals surface area contributed by atoms with Crippen LogP contribution in [-0.2, 0) is 21.4 Å². The molecule has 0 aliphatic heterocycles. The molecule has 0 atom stereocenters. The Balaban J connectivity index is 1.79. The summed E-state index contributed by atoms with van der Waals surface area (Å²) in [6, 6.07) is 11.9. The highest BCUT2D eigenvalue weighted by atomic mass is 32.2. The van der Waals surface area contributed by atoms with Crippen LogP contribution in [0.2, 0.25) is 0 Å². The number of anilines is 1. The van der Waals surface area contributed by atoms with Crippen molar-refractivity contribution in [2.45, 2.75) is 36.9 Å². The van der Waals surface area contributed by atoms with E-state index in [1.807, 2.05) is 30.5 Å². The quantitative estimate of drug-likeness (QED) is 0.486. The number of aryl methyl sites for hydroxylation is 1. The Labute approximate surface area is 179 Å². The number of benzene rings is 2. The van der Waals surface area contributed by atoms with Crippen LogP contribution in [0.25, 0.3) is 11.0 Å². The third-order valence-electron chi connectivity index (χ3n) is 4.25. The number of hydrogen-bond donors (Lipinski definition) is 2. The molecule has 0 saturated heterocycles. The zero-order valence-electron chi connectivity index (χ0n) is 16.8. The molecule has 0 aliphatic carbocycles. The van der Waals surface area contributed by atoms with Crippen LogP contribution in [0.3, 0.4) is 0 Å². The number of nitrogens with one attached hydrogen (secondary N) is 1. The van der Waals surface area contributed by atoms with Crippen LogP contribution in [0.15, 0.2) is 52.5 Å². The van der Waals surface area contributed by atoms with E-state index < -0.39 is 10.0 Å². The maximum absolute atomic E-state index is 12.5. The number of para-hydroxylation sites is 2. The van der Waals surface area contributed by atoms with Crippen LogP contribution in [0.1, 0.15) is 20.3 Å². The van der Waals surface area contributed by atoms with E-state index in [0.29, 0.717) is 35.3 Å². The topological polar surface area (TPSA) is 116 Å². The fraction of sp³-hybridized carbons (Fsp3) is 0.300. The zero-order valence-corrected chi connectivity index (χ0v) is 18.4. The summed E-state index contributed by atoms with van der Waals surface area (Å²) in [5.74, 6) is 0.579. The first-order valence-electron chi connectivity index (χ1n) is 9.51. The Hall–Kier alpha value is -2.56. The van der Waals surface area contributed by atoms with Crippen LogP contribution in [0, 0.1) is 0 Å². The summed E-state index contributed by atoms with van der Waals surface area (Å²) in [6.07, 6.45) is 0.865. The predicted octanol–water partition coefficient (Wildman–Crippen LogP) is 3.22. The van der Waals surface area contributed by atoms with E-state index in [1.54, 1.807) is 18.2 Å². The van der Waals surface area contributed by atoms with Gasteiger partial charge in [-0.05, 0) is 43.7 Å². The molecule has 160 valence electrons. The second-order valence-electron chi connectivity index (χ2n) is 6.51. The molecule has 2 aromatic carbocycles. The number of amides is 1. The molecule has 3 N–H and O–H groups in total. The highest BCUT2D eigenvalue weighted by Gasteiger charge is 2.16. The van der Waals surface area contributed by atoms with Gasteiger partial charge in [0, 0.05) is 6.54 Å². The van der Waals surface area contributed by atoms with Gasteiger partial charge in [0.1, 0.15) is 5.75 Å². The van der Waals surface area contributed by atoms with Crippen molar-refractivity contribution in [1.29, 1.82) is 0 Å². The molecule has 1 aromatic heterocycles. The number of primary sulfonamides is 1. The normalized spacial score (nSPS) is 11.6. The summed E-state index contributed by atoms with van der Waals surface area (Å²) in [7, 11) is -3.81. The van der Waals surface area contributed by atoms with Crippen LogP contribution in [0.5, 0.6) is 5.75 Å². The smallest absolute Gasteiger partial charge is 0.238 e. The van der Waals surface area contributed by atoms with Crippen molar-refractivity contribution < 1.29 is 17.9 Å². The highest BCUT2D eigenvalue weighted by molar-refractivity contribution is 7.99. The number of carbonyl (C=O) groups excluding carboxylic acids is 1. The molecule has 0 spiro atoms. The van der Waals surface area contributed by atoms with Gasteiger partial charge in [0.25, 0.3) is 0 Å². The summed E-state index contributed by atoms with van der Waals surface area (Å²) >= 11 is 1.29. The van der Waals surface area contributed by atoms with Crippen molar-refractivity contribution in [2.24, 2.45) is 5.14 Å². The van der Waals surface area contributed by atoms with Crippen molar-refractivity contribution >= 4 is 44.4 Å². The molecule has 10 heteroatoms. The average Bonchev–Trinajstić information content (AvgIpc) is 3.05. The monoisotopic (exact) mass is 448 g/mol. The molecule has 0 unspecified atom stereocenters. The number of hydrogen-bond acceptors (Lipinski definition) is 6. The van der Waals surface area contributed by atoms with E-state index in [1.165, 1.54) is 23.9 Å². The van der Waals surface area contributed by atoms with Gasteiger partial charge in [-0.3, -0.25) is 4.79 Å². The molecule has 30 heavy (non-hydrogen) atoms. The fourth-order valence-electron chi connectivity index (χ4n) is 2.98. The fourth-order valence-corrected chi connectivity index (χ4v) is 4.36. The van der Waals surface area contributed by atoms with Crippen molar-refractivity contribution in [1.82, 2.24) is 9.55 Å². The number of carbonyl (C=O) groups is 1. The number of rotatable bonds is 9. The minimum Gasteiger partial charge on any atom is -0.492 e. The highest BCUT2D eigenvalue weighted by Crippen LogP contribution is 2.27. The number of sulfonamides is 1. The second kappa shape index (κ2) is 9.50. The lowest BCUT2D eigenvalue weighted by Gasteiger charge is -2.11. The number of thioether (sulfide) groups is 1. The number of aromatic nitrogens is 2. The minimum absolute atomic E-state index is 0.0120. The lowest BCUT2D eigenvalue weighted by atomic mass is 10.3. The summed E-state index contributed by atoms with van der Waals surface area (Å²) in [5, 5.41) is 8.73. The van der Waals surface area contributed by atoms with Crippen LogP contribution in [0.4, 0.5) is 5.69 Å². The van der Waals surface area contributed by atoms with Crippen LogP contribution < -0.4 is 15.2 Å². The Bertz CT molecular complexity index is 1160. The van der Waals surface area contributed by atoms with Gasteiger partial charge in [0.15, 0.2) is 5.16 Å². The zero-order chi connectivity index (χ0) is 21.7. The van der Waals surface area contributed by atoms with Gasteiger partial charge < -0.3 is 14.6 Å². The summed E-state index contributed by atoms with van der Waals surface area (Å²) in [4.78, 5) is 17.0. The van der Waals surface area contributed by atoms with Crippen molar-refractivity contribution in [3.8, 4) is 5.75 Å². The Morgan fingerprint density at radius 1 is 1.23 bits per heavy atom. The van der Waals surface area contributed by atoms with Crippen molar-refractivity contribution in [2.75, 3.05) is 17.7 Å². The molecule has 0 radical (unpaired) electrons. The molecule has 1 heterocycles. The number of ether oxygens (including phenoxy) is 1. The molecule has 8 nitrogen and oxygen atoms in total. The molecule has 0 saturated carbocycles. The van der Waals surface area contributed by atoms with E-state index >= 15 is 0 Å². The van der Waals surface area contributed by atoms with Crippen molar-refractivity contribution in [3.05, 3.63) is 42.5 Å². The van der Waals surface area contributed by atoms with E-state index in [4.69, 9.17) is 9.88 Å². The van der Waals surface area contributed by atoms with Gasteiger partial charge in [-0.25, -0.2) is 18.5 Å². The SMILES string of the molecule is CCCn1c(SCC(=O)Nc2ccccc2OCC)nc2cc(S(N)(=O)=O)ccc21. The standard InChI is InChI=1S/C20H24N4O4S2/c1-3-11-24-17-10-9-14(30(21,26)27)12-16(17)23-20(24)29-13-19(25)22-15-7-5-6-8-18(15)28-4-2/h5-10,12H,3-4,11,13H2,1-2H3,(H,22,25)(H2,21,26,27). The second-order valence-corrected chi connectivity index (χ2v) is 9.01. The largest absolute Gasteiger partial charge is 0.492 e. The van der Waals surface area contributed by atoms with Crippen molar-refractivity contribution in [3.63, 3.8) is 0 Å². The molecule has 0 fully saturated rings. The summed E-state index contributed by atoms with van der Waals surface area (Å²) in [5.41, 5.74) is 1.94. The molecular formula is C20H24N4O4S2. The predicted molar refractivity (Wildman–Crippen MR) is 118 cm³/mol. The molecule has 3 rings (SSSR count). The minimum atomic E-state index is -3.81. The molecule has 3 aromatic rings. The average molecular weight is 449 g/mol. The van der Waals surface area contributed by atoms with E-state index in [-0.39, 0.29) is 16.6 Å². The van der Waals surface area contributed by atoms with Gasteiger partial charge in [0.2, 0.25) is 15.9 Å². The number of imidazole rings is 1. The first kappa shape index (κ1) is 22.1. The van der Waals surface area contributed by atoms with Crippen LogP contribution in [-0.4, -0.2) is 36.2 Å². The molecular weight excluding hydrogens is 424 g/mol. The molecule has 1 amide bonds. The van der Waals surface area contributed by atoms with Gasteiger partial charge in [0.05, 0.1) is 34.0 Å². The first-order chi connectivity index (χ1) is 14.3. The Kier molecular flexibility index (Phi) is 7.01. The van der Waals surface area contributed by atoms with E-state index in [9.17, 15) is 13.2 Å². The first-order valence-corrected chi connectivity index (χ1v) is 12.0. The van der Waals surface area contributed by atoms with Gasteiger partial charge in [-0.2, -0.15) is 0 Å². The Morgan fingerprint density at radius 3 is 2.70 bits per heavy atom. The maximum atomic E-state index is 12.5. The lowest BCUT2D eigenvalue weighted by molar-refractivity contribution is -0.113. The summed E-state index contributed by atoms with van der Waals surface area (Å²) in [6.45, 7) is 5.12. The van der Waals surface area contributed by atoms with Gasteiger partial charge >= 0.3 is 0 Å². The third-order valence-corrected chi connectivity index (χ3v) is 6.14.